The van der Waals surface area contributed by atoms with Crippen molar-refractivity contribution >= 4 is 23.7 Å². The molecule has 104 valence electrons. The van der Waals surface area contributed by atoms with Crippen molar-refractivity contribution in [3.05, 3.63) is 35.4 Å². The molecule has 0 saturated carbocycles. The highest BCUT2D eigenvalue weighted by atomic mass is 32.2. The van der Waals surface area contributed by atoms with Crippen LogP contribution in [0.2, 0.25) is 0 Å². The zero-order valence-electron chi connectivity index (χ0n) is 11.6. The Kier molecular flexibility index (Phi) is 5.25. The quantitative estimate of drug-likeness (QED) is 0.486. The highest BCUT2D eigenvalue weighted by molar-refractivity contribution is 7.98. The Balaban J connectivity index is 2.15. The second kappa shape index (κ2) is 7.16. The number of hydrogen-bond acceptors (Lipinski definition) is 3. The normalized spacial score (nSPS) is 15.8. The van der Waals surface area contributed by atoms with E-state index in [1.165, 1.54) is 11.3 Å². The Labute approximate surface area is 124 Å². The van der Waals surface area contributed by atoms with Gasteiger partial charge in [0.25, 0.3) is 5.91 Å². The van der Waals surface area contributed by atoms with Crippen LogP contribution in [0.5, 0.6) is 0 Å². The number of hydrogen-bond donors (Lipinski definition) is 0. The highest BCUT2D eigenvalue weighted by Crippen LogP contribution is 2.18. The summed E-state index contributed by atoms with van der Waals surface area (Å²) in [6.07, 6.45) is 6.94. The average Bonchev–Trinajstić information content (AvgIpc) is 2.53. The van der Waals surface area contributed by atoms with E-state index in [0.29, 0.717) is 0 Å². The molecule has 20 heavy (non-hydrogen) atoms. The zero-order valence-corrected chi connectivity index (χ0v) is 12.4. The monoisotopic (exact) mass is 286 g/mol. The number of carbonyl (C=O) groups excluding carboxylic acids is 1. The maximum atomic E-state index is 12.3. The first-order chi connectivity index (χ1) is 9.74. The molecule has 0 aromatic heterocycles. The number of amides is 1. The Morgan fingerprint density at radius 3 is 2.45 bits per heavy atom. The average molecular weight is 286 g/mol. The van der Waals surface area contributed by atoms with Gasteiger partial charge in [-0.3, -0.25) is 4.79 Å². The first-order valence-electron chi connectivity index (χ1n) is 6.79. The molecule has 1 saturated heterocycles. The smallest absolute Gasteiger partial charge is 0.264 e. The van der Waals surface area contributed by atoms with Gasteiger partial charge in [0.05, 0.1) is 0 Å². The van der Waals surface area contributed by atoms with Gasteiger partial charge in [0.15, 0.2) is 0 Å². The molecule has 1 aliphatic heterocycles. The maximum Gasteiger partial charge on any atom is 0.264 e. The summed E-state index contributed by atoms with van der Waals surface area (Å²) >= 11 is 1.67. The van der Waals surface area contributed by atoms with Crippen LogP contribution in [0.3, 0.4) is 0 Å². The van der Waals surface area contributed by atoms with Gasteiger partial charge < -0.3 is 4.90 Å². The summed E-state index contributed by atoms with van der Waals surface area (Å²) in [4.78, 5) is 15.2. The number of nitrogens with zero attached hydrogens (tertiary/aromatic N) is 2. The molecule has 4 heteroatoms. The van der Waals surface area contributed by atoms with Gasteiger partial charge in [-0.15, -0.1) is 11.8 Å². The zero-order chi connectivity index (χ0) is 14.4. The molecular formula is C16H18N2OS. The molecule has 0 aliphatic carbocycles. The molecule has 0 unspecified atom stereocenters. The fourth-order valence-corrected chi connectivity index (χ4v) is 2.68. The lowest BCUT2D eigenvalue weighted by Crippen LogP contribution is -2.36. The number of rotatable bonds is 3. The lowest BCUT2D eigenvalue weighted by molar-refractivity contribution is -0.127. The fourth-order valence-electron chi connectivity index (χ4n) is 2.28. The van der Waals surface area contributed by atoms with Gasteiger partial charge in [0.2, 0.25) is 0 Å². The van der Waals surface area contributed by atoms with Crippen molar-refractivity contribution in [1.82, 2.24) is 4.90 Å². The third kappa shape index (κ3) is 3.64. The van der Waals surface area contributed by atoms with Crippen molar-refractivity contribution in [1.29, 1.82) is 5.26 Å². The number of carbonyl (C=O) groups is 1. The van der Waals surface area contributed by atoms with Crippen LogP contribution in [0.4, 0.5) is 0 Å². The van der Waals surface area contributed by atoms with E-state index in [1.54, 1.807) is 22.7 Å². The number of piperidine rings is 1. The molecule has 0 bridgehead atoms. The second-order valence-corrected chi connectivity index (χ2v) is 5.68. The Hall–Kier alpha value is -1.73. The lowest BCUT2D eigenvalue weighted by Gasteiger charge is -2.26. The van der Waals surface area contributed by atoms with E-state index in [1.807, 2.05) is 36.6 Å². The third-order valence-electron chi connectivity index (χ3n) is 3.42. The number of thioether (sulfide) groups is 1. The fraction of sp³-hybridized carbons (Fsp3) is 0.375. The molecule has 1 aromatic rings. The Bertz CT molecular complexity index is 537. The van der Waals surface area contributed by atoms with Crippen LogP contribution in [-0.4, -0.2) is 30.2 Å². The van der Waals surface area contributed by atoms with E-state index in [-0.39, 0.29) is 11.5 Å². The highest BCUT2D eigenvalue weighted by Gasteiger charge is 2.19. The second-order valence-electron chi connectivity index (χ2n) is 4.80. The van der Waals surface area contributed by atoms with E-state index in [4.69, 9.17) is 0 Å². The van der Waals surface area contributed by atoms with Gasteiger partial charge in [0.1, 0.15) is 11.6 Å². The third-order valence-corrected chi connectivity index (χ3v) is 4.16. The van der Waals surface area contributed by atoms with Gasteiger partial charge in [0, 0.05) is 18.0 Å². The molecule has 1 heterocycles. The van der Waals surface area contributed by atoms with E-state index >= 15 is 0 Å². The molecule has 1 aromatic carbocycles. The predicted octanol–water partition coefficient (Wildman–Crippen LogP) is 3.33. The van der Waals surface area contributed by atoms with E-state index < -0.39 is 0 Å². The van der Waals surface area contributed by atoms with Gasteiger partial charge in [-0.05, 0) is 49.3 Å². The van der Waals surface area contributed by atoms with Crippen molar-refractivity contribution in [2.75, 3.05) is 19.3 Å². The van der Waals surface area contributed by atoms with Crippen LogP contribution in [-0.2, 0) is 4.79 Å². The largest absolute Gasteiger partial charge is 0.338 e. The Morgan fingerprint density at radius 2 is 1.90 bits per heavy atom. The molecule has 0 spiro atoms. The van der Waals surface area contributed by atoms with Crippen molar-refractivity contribution in [3.8, 4) is 6.07 Å². The summed E-state index contributed by atoms with van der Waals surface area (Å²) in [6, 6.07) is 9.91. The summed E-state index contributed by atoms with van der Waals surface area (Å²) < 4.78 is 0. The molecular weight excluding hydrogens is 268 g/mol. The van der Waals surface area contributed by atoms with Crippen molar-refractivity contribution in [3.63, 3.8) is 0 Å². The molecule has 1 aliphatic rings. The van der Waals surface area contributed by atoms with Gasteiger partial charge >= 0.3 is 0 Å². The van der Waals surface area contributed by atoms with Crippen LogP contribution in [0.15, 0.2) is 34.7 Å². The minimum Gasteiger partial charge on any atom is -0.338 e. The number of likely N-dealkylation sites (tertiary alicyclic amines) is 1. The van der Waals surface area contributed by atoms with Gasteiger partial charge in [-0.2, -0.15) is 5.26 Å². The molecule has 1 fully saturated rings. The van der Waals surface area contributed by atoms with Crippen molar-refractivity contribution < 1.29 is 4.79 Å². The molecule has 1 amide bonds. The van der Waals surface area contributed by atoms with E-state index in [0.717, 1.165) is 31.5 Å². The van der Waals surface area contributed by atoms with Crippen LogP contribution in [0, 0.1) is 11.3 Å². The first kappa shape index (κ1) is 14.7. The standard InChI is InChI=1S/C16H18N2OS/c1-20-15-7-5-13(6-8-15)11-14(12-17)16(19)18-9-3-2-4-10-18/h5-8,11H,2-4,9-10H2,1H3. The number of benzene rings is 1. The van der Waals surface area contributed by atoms with Gasteiger partial charge in [-0.25, -0.2) is 0 Å². The summed E-state index contributed by atoms with van der Waals surface area (Å²) in [5.41, 5.74) is 1.12. The minimum atomic E-state index is -0.138. The number of nitriles is 1. The topological polar surface area (TPSA) is 44.1 Å². The maximum absolute atomic E-state index is 12.3. The lowest BCUT2D eigenvalue weighted by atomic mass is 10.1. The SMILES string of the molecule is CSc1ccc(C=C(C#N)C(=O)N2CCCCC2)cc1. The molecule has 3 nitrogen and oxygen atoms in total. The molecule has 0 atom stereocenters. The Morgan fingerprint density at radius 1 is 1.25 bits per heavy atom. The van der Waals surface area contributed by atoms with Crippen LogP contribution >= 0.6 is 11.8 Å². The summed E-state index contributed by atoms with van der Waals surface area (Å²) in [6.45, 7) is 1.53. The molecule has 0 N–H and O–H groups in total. The van der Waals surface area contributed by atoms with Crippen molar-refractivity contribution in [2.24, 2.45) is 0 Å². The van der Waals surface area contributed by atoms with Crippen molar-refractivity contribution in [2.45, 2.75) is 24.2 Å². The van der Waals surface area contributed by atoms with Crippen LogP contribution in [0.1, 0.15) is 24.8 Å². The first-order valence-corrected chi connectivity index (χ1v) is 8.02. The van der Waals surface area contributed by atoms with Crippen LogP contribution in [0.25, 0.3) is 6.08 Å². The van der Waals surface area contributed by atoms with E-state index in [2.05, 4.69) is 0 Å². The summed E-state index contributed by atoms with van der Waals surface area (Å²) in [5, 5.41) is 9.22. The predicted molar refractivity (Wildman–Crippen MR) is 82.2 cm³/mol. The molecule has 2 rings (SSSR count). The van der Waals surface area contributed by atoms with E-state index in [9.17, 15) is 10.1 Å². The summed E-state index contributed by atoms with van der Waals surface area (Å²) in [7, 11) is 0. The minimum absolute atomic E-state index is 0.138. The summed E-state index contributed by atoms with van der Waals surface area (Å²) in [5.74, 6) is -0.138. The molecule has 0 radical (unpaired) electrons. The van der Waals surface area contributed by atoms with Crippen LogP contribution < -0.4 is 0 Å². The van der Waals surface area contributed by atoms with Gasteiger partial charge in [-0.1, -0.05) is 12.1 Å².